The van der Waals surface area contributed by atoms with Gasteiger partial charge in [0.05, 0.1) is 19.8 Å². The number of aliphatic hydroxyl groups excluding tert-OH is 3. The molecular formula is C23H34O7. The SMILES string of the molecule is O=C1O[C@H]([C@@H](O)CO)C(OCCCCCCCCCCOCc2ccccc2)=C1O. The summed E-state index contributed by atoms with van der Waals surface area (Å²) < 4.78 is 15.9. The smallest absolute Gasteiger partial charge is 0.378 e. The first-order chi connectivity index (χ1) is 14.6. The van der Waals surface area contributed by atoms with E-state index in [0.29, 0.717) is 13.2 Å². The summed E-state index contributed by atoms with van der Waals surface area (Å²) in [4.78, 5) is 11.4. The number of carbonyl (C=O) groups excluding carboxylic acids is 1. The zero-order valence-corrected chi connectivity index (χ0v) is 17.5. The monoisotopic (exact) mass is 422 g/mol. The van der Waals surface area contributed by atoms with Crippen molar-refractivity contribution < 1.29 is 34.3 Å². The van der Waals surface area contributed by atoms with E-state index in [0.717, 1.165) is 38.7 Å². The number of carbonyl (C=O) groups is 1. The Bertz CT molecular complexity index is 644. The van der Waals surface area contributed by atoms with Crippen molar-refractivity contribution in [3.63, 3.8) is 0 Å². The summed E-state index contributed by atoms with van der Waals surface area (Å²) in [5.74, 6) is -1.65. The number of ether oxygens (including phenoxy) is 3. The van der Waals surface area contributed by atoms with Gasteiger partial charge in [-0.1, -0.05) is 68.9 Å². The quantitative estimate of drug-likeness (QED) is 0.277. The highest BCUT2D eigenvalue weighted by Crippen LogP contribution is 2.25. The van der Waals surface area contributed by atoms with E-state index in [4.69, 9.17) is 19.3 Å². The van der Waals surface area contributed by atoms with E-state index in [1.54, 1.807) is 0 Å². The number of benzene rings is 1. The third-order valence-electron chi connectivity index (χ3n) is 5.01. The molecule has 7 heteroatoms. The van der Waals surface area contributed by atoms with Gasteiger partial charge in [-0.3, -0.25) is 0 Å². The molecule has 1 aliphatic rings. The van der Waals surface area contributed by atoms with Crippen molar-refractivity contribution in [2.45, 2.75) is 70.2 Å². The maximum absolute atomic E-state index is 11.4. The summed E-state index contributed by atoms with van der Waals surface area (Å²) in [7, 11) is 0. The number of cyclic esters (lactones) is 1. The molecule has 1 aliphatic heterocycles. The van der Waals surface area contributed by atoms with Crippen LogP contribution in [0.25, 0.3) is 0 Å². The molecule has 0 unspecified atom stereocenters. The van der Waals surface area contributed by atoms with Gasteiger partial charge in [-0.25, -0.2) is 4.79 Å². The molecule has 0 amide bonds. The van der Waals surface area contributed by atoms with E-state index in [-0.39, 0.29) is 5.76 Å². The standard InChI is InChI=1S/C23H34O7/c24-16-19(25)21-22(20(26)23(27)30-21)29-15-11-6-4-2-1-3-5-10-14-28-17-18-12-8-7-9-13-18/h7-9,12-13,19,21,24-26H,1-6,10-11,14-17H2/t19-,21+/m0/s1. The van der Waals surface area contributed by atoms with Crippen molar-refractivity contribution in [3.8, 4) is 0 Å². The molecule has 0 saturated carbocycles. The van der Waals surface area contributed by atoms with Crippen molar-refractivity contribution in [1.82, 2.24) is 0 Å². The molecule has 1 aromatic carbocycles. The zero-order chi connectivity index (χ0) is 21.6. The van der Waals surface area contributed by atoms with Gasteiger partial charge in [0.15, 0.2) is 11.9 Å². The predicted molar refractivity (Wildman–Crippen MR) is 112 cm³/mol. The van der Waals surface area contributed by atoms with Crippen molar-refractivity contribution in [3.05, 3.63) is 47.4 Å². The first-order valence-corrected chi connectivity index (χ1v) is 10.8. The second kappa shape index (κ2) is 14.0. The molecule has 0 radical (unpaired) electrons. The molecule has 0 aromatic heterocycles. The fourth-order valence-electron chi connectivity index (χ4n) is 3.27. The maximum atomic E-state index is 11.4. The molecule has 168 valence electrons. The zero-order valence-electron chi connectivity index (χ0n) is 17.5. The van der Waals surface area contributed by atoms with Crippen LogP contribution >= 0.6 is 0 Å². The molecule has 0 bridgehead atoms. The lowest BCUT2D eigenvalue weighted by molar-refractivity contribution is -0.148. The van der Waals surface area contributed by atoms with Gasteiger partial charge in [0.2, 0.25) is 5.76 Å². The molecule has 0 saturated heterocycles. The molecule has 0 spiro atoms. The normalized spacial score (nSPS) is 17.3. The molecule has 1 heterocycles. The van der Waals surface area contributed by atoms with Crippen LogP contribution in [0.15, 0.2) is 41.9 Å². The van der Waals surface area contributed by atoms with Crippen LogP contribution in [0.1, 0.15) is 56.9 Å². The van der Waals surface area contributed by atoms with E-state index in [1.807, 2.05) is 18.2 Å². The Labute approximate surface area is 178 Å². The van der Waals surface area contributed by atoms with Gasteiger partial charge < -0.3 is 29.5 Å². The Morgan fingerprint density at radius 1 is 0.933 bits per heavy atom. The maximum Gasteiger partial charge on any atom is 0.378 e. The molecule has 0 aliphatic carbocycles. The van der Waals surface area contributed by atoms with Crippen LogP contribution in [-0.2, 0) is 25.6 Å². The molecule has 1 aromatic rings. The highest BCUT2D eigenvalue weighted by molar-refractivity contribution is 5.89. The number of esters is 1. The van der Waals surface area contributed by atoms with Gasteiger partial charge in [-0.05, 0) is 18.4 Å². The number of aliphatic hydroxyl groups is 3. The molecule has 30 heavy (non-hydrogen) atoms. The topological polar surface area (TPSA) is 105 Å². The van der Waals surface area contributed by atoms with E-state index < -0.39 is 30.5 Å². The minimum Gasteiger partial charge on any atom is -0.499 e. The third-order valence-corrected chi connectivity index (χ3v) is 5.01. The minimum atomic E-state index is -1.31. The number of rotatable bonds is 16. The lowest BCUT2D eigenvalue weighted by atomic mass is 10.1. The summed E-state index contributed by atoms with van der Waals surface area (Å²) >= 11 is 0. The lowest BCUT2D eigenvalue weighted by Gasteiger charge is -2.18. The Hall–Kier alpha value is -2.09. The van der Waals surface area contributed by atoms with Crippen molar-refractivity contribution in [2.24, 2.45) is 0 Å². The molecule has 2 atom stereocenters. The van der Waals surface area contributed by atoms with Crippen molar-refractivity contribution >= 4 is 5.97 Å². The first-order valence-electron chi connectivity index (χ1n) is 10.8. The van der Waals surface area contributed by atoms with Gasteiger partial charge in [-0.15, -0.1) is 0 Å². The Balaban J connectivity index is 1.42. The minimum absolute atomic E-state index is 0.0870. The van der Waals surface area contributed by atoms with Gasteiger partial charge in [-0.2, -0.15) is 0 Å². The number of hydrogen-bond acceptors (Lipinski definition) is 7. The van der Waals surface area contributed by atoms with Gasteiger partial charge in [0, 0.05) is 6.61 Å². The lowest BCUT2D eigenvalue weighted by Crippen LogP contribution is -2.32. The summed E-state index contributed by atoms with van der Waals surface area (Å²) in [6.07, 6.45) is 6.22. The highest BCUT2D eigenvalue weighted by atomic mass is 16.6. The summed E-state index contributed by atoms with van der Waals surface area (Å²) in [6, 6.07) is 10.2. The second-order valence-corrected chi connectivity index (χ2v) is 7.50. The average Bonchev–Trinajstić information content (AvgIpc) is 3.05. The van der Waals surface area contributed by atoms with Crippen LogP contribution in [0.4, 0.5) is 0 Å². The predicted octanol–water partition coefficient (Wildman–Crippen LogP) is 3.39. The van der Waals surface area contributed by atoms with Gasteiger partial charge >= 0.3 is 5.97 Å². The van der Waals surface area contributed by atoms with Crippen LogP contribution < -0.4 is 0 Å². The summed E-state index contributed by atoms with van der Waals surface area (Å²) in [5.41, 5.74) is 1.21. The summed E-state index contributed by atoms with van der Waals surface area (Å²) in [5, 5.41) is 28.3. The summed E-state index contributed by atoms with van der Waals surface area (Å²) in [6.45, 7) is 1.21. The second-order valence-electron chi connectivity index (χ2n) is 7.50. The largest absolute Gasteiger partial charge is 0.499 e. The average molecular weight is 423 g/mol. The number of unbranched alkanes of at least 4 members (excludes halogenated alkanes) is 7. The van der Waals surface area contributed by atoms with E-state index >= 15 is 0 Å². The van der Waals surface area contributed by atoms with Crippen LogP contribution in [0.5, 0.6) is 0 Å². The van der Waals surface area contributed by atoms with Crippen molar-refractivity contribution in [2.75, 3.05) is 19.8 Å². The molecule has 3 N–H and O–H groups in total. The van der Waals surface area contributed by atoms with Crippen LogP contribution in [0.2, 0.25) is 0 Å². The Morgan fingerprint density at radius 3 is 2.17 bits per heavy atom. The van der Waals surface area contributed by atoms with Crippen LogP contribution in [0.3, 0.4) is 0 Å². The van der Waals surface area contributed by atoms with Gasteiger partial charge in [0.1, 0.15) is 6.10 Å². The Kier molecular flexibility index (Phi) is 11.3. The molecule has 0 fully saturated rings. The van der Waals surface area contributed by atoms with Crippen molar-refractivity contribution in [1.29, 1.82) is 0 Å². The van der Waals surface area contributed by atoms with E-state index in [9.17, 15) is 15.0 Å². The van der Waals surface area contributed by atoms with Crippen LogP contribution in [0, 0.1) is 0 Å². The fraction of sp³-hybridized carbons (Fsp3) is 0.609. The van der Waals surface area contributed by atoms with E-state index in [2.05, 4.69) is 12.1 Å². The van der Waals surface area contributed by atoms with E-state index in [1.165, 1.54) is 24.8 Å². The van der Waals surface area contributed by atoms with Crippen LogP contribution in [-0.4, -0.2) is 53.3 Å². The first kappa shape index (κ1) is 24.2. The third kappa shape index (κ3) is 8.34. The molecular weight excluding hydrogens is 388 g/mol. The molecule has 2 rings (SSSR count). The highest BCUT2D eigenvalue weighted by Gasteiger charge is 2.40. The molecule has 7 nitrogen and oxygen atoms in total. The van der Waals surface area contributed by atoms with Gasteiger partial charge in [0.25, 0.3) is 0 Å². The Morgan fingerprint density at radius 2 is 1.53 bits per heavy atom. The number of hydrogen-bond donors (Lipinski definition) is 3. The fourth-order valence-corrected chi connectivity index (χ4v) is 3.27.